The number of pyridine rings is 1. The molecule has 0 amide bonds. The molecule has 2 heterocycles. The van der Waals surface area contributed by atoms with Crippen molar-refractivity contribution < 1.29 is 9.90 Å². The van der Waals surface area contributed by atoms with Crippen LogP contribution in [-0.4, -0.2) is 15.5 Å². The summed E-state index contributed by atoms with van der Waals surface area (Å²) in [5, 5.41) is 22.0. The second-order valence-corrected chi connectivity index (χ2v) is 7.95. The quantitative estimate of drug-likeness (QED) is 0.713. The molecule has 1 aromatic heterocycles. The van der Waals surface area contributed by atoms with Gasteiger partial charge in [0.15, 0.2) is 5.72 Å². The number of benzene rings is 2. The van der Waals surface area contributed by atoms with E-state index in [1.807, 2.05) is 30.3 Å². The Morgan fingerprint density at radius 1 is 1.11 bits per heavy atom. The summed E-state index contributed by atoms with van der Waals surface area (Å²) in [6.07, 6.45) is 0.810. The van der Waals surface area contributed by atoms with E-state index in [4.69, 9.17) is 0 Å². The Morgan fingerprint density at radius 2 is 1.86 bits per heavy atom. The fourth-order valence-electron chi connectivity index (χ4n) is 5.00. The lowest BCUT2D eigenvalue weighted by molar-refractivity contribution is -0.142. The van der Waals surface area contributed by atoms with E-state index in [1.54, 1.807) is 25.1 Å². The van der Waals surface area contributed by atoms with Crippen molar-refractivity contribution in [2.24, 2.45) is 5.41 Å². The lowest BCUT2D eigenvalue weighted by Gasteiger charge is -2.32. The molecule has 1 fully saturated rings. The van der Waals surface area contributed by atoms with E-state index in [-0.39, 0.29) is 24.2 Å². The Balaban J connectivity index is 1.98. The van der Waals surface area contributed by atoms with Crippen LogP contribution in [0.25, 0.3) is 21.9 Å². The molecule has 28 heavy (non-hydrogen) atoms. The summed E-state index contributed by atoms with van der Waals surface area (Å²) in [5.41, 5.74) is -0.00414. The predicted molar refractivity (Wildman–Crippen MR) is 105 cm³/mol. The van der Waals surface area contributed by atoms with Gasteiger partial charge in [0.25, 0.3) is 5.56 Å². The number of fused-ring (bicyclic) bond motifs is 4. The average Bonchev–Trinajstić information content (AvgIpc) is 3.07. The first kappa shape index (κ1) is 16.9. The topological polar surface area (TPSA) is 83.1 Å². The molecule has 5 nitrogen and oxygen atoms in total. The zero-order chi connectivity index (χ0) is 19.7. The minimum absolute atomic E-state index is 0.0149. The smallest absolute Gasteiger partial charge is 0.261 e. The molecule has 5 rings (SSSR count). The van der Waals surface area contributed by atoms with Crippen molar-refractivity contribution in [1.29, 1.82) is 5.26 Å². The molecule has 0 bridgehead atoms. The first-order valence-electron chi connectivity index (χ1n) is 9.34. The Bertz CT molecular complexity index is 1270. The number of aromatic nitrogens is 1. The Hall–Kier alpha value is -3.23. The second-order valence-electron chi connectivity index (χ2n) is 7.95. The van der Waals surface area contributed by atoms with Crippen molar-refractivity contribution in [2.75, 3.05) is 0 Å². The lowest BCUT2D eigenvalue weighted by Crippen LogP contribution is -2.47. The highest BCUT2D eigenvalue weighted by Gasteiger charge is 2.63. The monoisotopic (exact) mass is 370 g/mol. The molecule has 0 spiro atoms. The lowest BCUT2D eigenvalue weighted by atomic mass is 9.79. The third-order valence-electron chi connectivity index (χ3n) is 6.56. The highest BCUT2D eigenvalue weighted by Crippen LogP contribution is 2.55. The van der Waals surface area contributed by atoms with Crippen LogP contribution >= 0.6 is 0 Å². The fraction of sp³-hybridized carbons (Fsp3) is 0.261. The van der Waals surface area contributed by atoms with Crippen LogP contribution in [0.15, 0.2) is 53.3 Å². The van der Waals surface area contributed by atoms with Gasteiger partial charge in [0.05, 0.1) is 17.0 Å². The summed E-state index contributed by atoms with van der Waals surface area (Å²) < 4.78 is 1.45. The normalized spacial score (nSPS) is 25.5. The average molecular weight is 370 g/mol. The van der Waals surface area contributed by atoms with Gasteiger partial charge in [0.1, 0.15) is 5.78 Å². The third-order valence-corrected chi connectivity index (χ3v) is 6.56. The van der Waals surface area contributed by atoms with E-state index < -0.39 is 11.1 Å². The van der Waals surface area contributed by atoms with Crippen LogP contribution in [0.1, 0.15) is 31.0 Å². The number of nitrogens with zero attached hydrogens (tertiary/aromatic N) is 2. The molecule has 3 aromatic rings. The number of aliphatic hydroxyl groups is 1. The van der Waals surface area contributed by atoms with Gasteiger partial charge < -0.3 is 5.11 Å². The van der Waals surface area contributed by atoms with Crippen LogP contribution in [0.5, 0.6) is 0 Å². The van der Waals surface area contributed by atoms with Gasteiger partial charge in [0, 0.05) is 35.9 Å². The highest BCUT2D eigenvalue weighted by atomic mass is 16.3. The number of rotatable bonds is 1. The second kappa shape index (κ2) is 5.40. The third kappa shape index (κ3) is 1.88. The summed E-state index contributed by atoms with van der Waals surface area (Å²) in [6, 6.07) is 16.7. The molecular weight excluding hydrogens is 352 g/mol. The molecule has 138 valence electrons. The Morgan fingerprint density at radius 3 is 2.57 bits per heavy atom. The van der Waals surface area contributed by atoms with E-state index in [0.29, 0.717) is 28.5 Å². The van der Waals surface area contributed by atoms with Gasteiger partial charge in [-0.3, -0.25) is 14.2 Å². The van der Waals surface area contributed by atoms with Gasteiger partial charge >= 0.3 is 0 Å². The zero-order valence-corrected chi connectivity index (χ0v) is 15.4. The summed E-state index contributed by atoms with van der Waals surface area (Å²) in [7, 11) is 0. The molecule has 0 radical (unpaired) electrons. The minimum Gasteiger partial charge on any atom is -0.369 e. The van der Waals surface area contributed by atoms with Crippen LogP contribution in [0, 0.1) is 16.7 Å². The van der Waals surface area contributed by atoms with Crippen LogP contribution in [-0.2, 0) is 16.9 Å². The van der Waals surface area contributed by atoms with Crippen LogP contribution in [0.4, 0.5) is 0 Å². The molecular formula is C23H18N2O3. The minimum atomic E-state index is -1.51. The largest absolute Gasteiger partial charge is 0.369 e. The molecule has 0 unspecified atom stereocenters. The molecule has 1 aliphatic carbocycles. The highest BCUT2D eigenvalue weighted by molar-refractivity contribution is 5.99. The van der Waals surface area contributed by atoms with Crippen LogP contribution < -0.4 is 5.56 Å². The molecule has 1 N–H and O–H groups in total. The Labute approximate surface area is 161 Å². The van der Waals surface area contributed by atoms with E-state index in [1.165, 1.54) is 4.57 Å². The van der Waals surface area contributed by atoms with Crippen LogP contribution in [0.3, 0.4) is 0 Å². The number of carbonyl (C=O) groups is 1. The number of nitriles is 1. The van der Waals surface area contributed by atoms with Crippen molar-refractivity contribution in [3.63, 3.8) is 0 Å². The number of hydrogen-bond acceptors (Lipinski definition) is 4. The molecule has 1 aliphatic heterocycles. The van der Waals surface area contributed by atoms with Crippen molar-refractivity contribution >= 4 is 16.6 Å². The SMILES string of the molecule is C[C@@]12Cc3c(-c4ccccc4)c4cc(C#N)ccc4c(=O)n3[C@]1(O)CCC2=O. The summed E-state index contributed by atoms with van der Waals surface area (Å²) in [4.78, 5) is 26.1. The van der Waals surface area contributed by atoms with E-state index in [2.05, 4.69) is 6.07 Å². The van der Waals surface area contributed by atoms with Crippen molar-refractivity contribution in [1.82, 2.24) is 4.57 Å². The summed E-state index contributed by atoms with van der Waals surface area (Å²) >= 11 is 0. The predicted octanol–water partition coefficient (Wildman–Crippen LogP) is 3.11. The molecule has 1 saturated carbocycles. The molecule has 0 saturated heterocycles. The van der Waals surface area contributed by atoms with Gasteiger partial charge in [-0.15, -0.1) is 0 Å². The van der Waals surface area contributed by atoms with E-state index in [9.17, 15) is 20.0 Å². The Kier molecular flexibility index (Phi) is 3.26. The molecule has 2 aliphatic rings. The number of Topliss-reactive ketones (excluding diaryl/α,β-unsaturated/α-hetero) is 1. The van der Waals surface area contributed by atoms with Crippen molar-refractivity contribution in [2.45, 2.75) is 31.9 Å². The molecule has 2 aromatic carbocycles. The number of hydrogen-bond donors (Lipinski definition) is 1. The summed E-state index contributed by atoms with van der Waals surface area (Å²) in [6.45, 7) is 1.76. The number of carbonyl (C=O) groups excluding carboxylic acids is 1. The van der Waals surface area contributed by atoms with Crippen LogP contribution in [0.2, 0.25) is 0 Å². The van der Waals surface area contributed by atoms with Gasteiger partial charge in [-0.05, 0) is 36.1 Å². The maximum Gasteiger partial charge on any atom is 0.261 e. The van der Waals surface area contributed by atoms with Crippen molar-refractivity contribution in [3.05, 3.63) is 70.1 Å². The molecule has 5 heteroatoms. The van der Waals surface area contributed by atoms with E-state index >= 15 is 0 Å². The first-order valence-corrected chi connectivity index (χ1v) is 9.34. The van der Waals surface area contributed by atoms with E-state index in [0.717, 1.165) is 11.1 Å². The maximum absolute atomic E-state index is 13.4. The maximum atomic E-state index is 13.4. The molecule has 2 atom stereocenters. The standard InChI is InChI=1S/C23H18N2O3/c1-22-12-18-20(15-5-3-2-4-6-15)17-11-14(13-24)7-8-16(17)21(27)25(18)23(22,28)10-9-19(22)26/h2-8,11,28H,9-10,12H2,1H3/t22-,23-/m0/s1. The first-order chi connectivity index (χ1) is 13.4. The fourth-order valence-corrected chi connectivity index (χ4v) is 5.00. The van der Waals surface area contributed by atoms with Crippen molar-refractivity contribution in [3.8, 4) is 17.2 Å². The van der Waals surface area contributed by atoms with Gasteiger partial charge in [0.2, 0.25) is 0 Å². The van der Waals surface area contributed by atoms with Gasteiger partial charge in [-0.25, -0.2) is 0 Å². The van der Waals surface area contributed by atoms with Gasteiger partial charge in [-0.1, -0.05) is 30.3 Å². The van der Waals surface area contributed by atoms with Gasteiger partial charge in [-0.2, -0.15) is 5.26 Å². The zero-order valence-electron chi connectivity index (χ0n) is 15.4. The summed E-state index contributed by atoms with van der Waals surface area (Å²) in [5.74, 6) is -0.0149. The number of ketones is 1.